The van der Waals surface area contributed by atoms with Gasteiger partial charge in [0.05, 0.1) is 11.6 Å². The van der Waals surface area contributed by atoms with Crippen molar-refractivity contribution in [1.29, 1.82) is 0 Å². The topological polar surface area (TPSA) is 103 Å². The van der Waals surface area contributed by atoms with Gasteiger partial charge in [-0.2, -0.15) is 0 Å². The Balaban J connectivity index is 2.25. The minimum absolute atomic E-state index is 0.0297. The molecule has 86 valence electrons. The molecule has 0 aliphatic carbocycles. The molecule has 0 aliphatic heterocycles. The Bertz CT molecular complexity index is 477. The summed E-state index contributed by atoms with van der Waals surface area (Å²) < 4.78 is 5.19. The van der Waals surface area contributed by atoms with E-state index in [1.54, 1.807) is 13.2 Å². The van der Waals surface area contributed by atoms with Crippen LogP contribution in [0.25, 0.3) is 11.2 Å². The molecule has 2 heterocycles. The van der Waals surface area contributed by atoms with Crippen LogP contribution in [0, 0.1) is 0 Å². The normalized spacial score (nSPS) is 13.1. The van der Waals surface area contributed by atoms with Gasteiger partial charge in [0.25, 0.3) is 0 Å². The molecular weight excluding hydrogens is 206 g/mol. The maximum atomic E-state index is 5.58. The fraction of sp³-hybridized carbons (Fsp3) is 0.400. The highest BCUT2D eigenvalue weighted by Crippen LogP contribution is 2.12. The molecule has 0 bridgehead atoms. The summed E-state index contributed by atoms with van der Waals surface area (Å²) in [4.78, 5) is 11.6. The van der Waals surface area contributed by atoms with Crippen LogP contribution in [0.4, 0.5) is 5.82 Å². The number of aromatic nitrogens is 3. The van der Waals surface area contributed by atoms with E-state index in [9.17, 15) is 0 Å². The van der Waals surface area contributed by atoms with Gasteiger partial charge in [0.2, 0.25) is 0 Å². The number of imidazole rings is 1. The number of nitrogens with zero attached hydrogens (tertiary/aromatic N) is 2. The predicted octanol–water partition coefficient (Wildman–Crippen LogP) is 0.0563. The molecule has 0 saturated carbocycles. The zero-order chi connectivity index (χ0) is 11.5. The Labute approximate surface area is 93.0 Å². The average molecular weight is 221 g/mol. The third kappa shape index (κ3) is 2.12. The molecule has 1 atom stereocenters. The van der Waals surface area contributed by atoms with Crippen LogP contribution in [-0.2, 0) is 11.2 Å². The second-order valence-electron chi connectivity index (χ2n) is 3.59. The molecule has 16 heavy (non-hydrogen) atoms. The fourth-order valence-corrected chi connectivity index (χ4v) is 1.53. The summed E-state index contributed by atoms with van der Waals surface area (Å²) in [7, 11) is 1.64. The van der Waals surface area contributed by atoms with E-state index in [0.717, 1.165) is 11.3 Å². The summed E-state index contributed by atoms with van der Waals surface area (Å²) in [5, 5.41) is 0. The van der Waals surface area contributed by atoms with E-state index in [-0.39, 0.29) is 6.10 Å². The molecule has 0 aromatic carbocycles. The number of anilines is 1. The summed E-state index contributed by atoms with van der Waals surface area (Å²) in [5.74, 6) is 1.28. The third-order valence-corrected chi connectivity index (χ3v) is 2.43. The lowest BCUT2D eigenvalue weighted by atomic mass is 10.2. The molecule has 6 heteroatoms. The Hall–Kier alpha value is -1.66. The van der Waals surface area contributed by atoms with Gasteiger partial charge in [-0.15, -0.1) is 0 Å². The number of pyridine rings is 1. The van der Waals surface area contributed by atoms with Crippen LogP contribution < -0.4 is 11.5 Å². The number of aromatic amines is 1. The van der Waals surface area contributed by atoms with E-state index < -0.39 is 0 Å². The highest BCUT2D eigenvalue weighted by molar-refractivity contribution is 5.72. The van der Waals surface area contributed by atoms with Gasteiger partial charge in [0.15, 0.2) is 5.65 Å². The summed E-state index contributed by atoms with van der Waals surface area (Å²) in [6, 6.07) is 3.60. The van der Waals surface area contributed by atoms with Gasteiger partial charge >= 0.3 is 0 Å². The summed E-state index contributed by atoms with van der Waals surface area (Å²) in [6.45, 7) is 0.461. The lowest BCUT2D eigenvalue weighted by Crippen LogP contribution is -2.25. The fourth-order valence-electron chi connectivity index (χ4n) is 1.53. The molecule has 0 amide bonds. The molecule has 0 saturated heterocycles. The smallest absolute Gasteiger partial charge is 0.179 e. The molecule has 5 N–H and O–H groups in total. The van der Waals surface area contributed by atoms with Crippen molar-refractivity contribution in [3.63, 3.8) is 0 Å². The number of nitrogen functional groups attached to an aromatic ring is 1. The van der Waals surface area contributed by atoms with Crippen LogP contribution in [0.5, 0.6) is 0 Å². The zero-order valence-corrected chi connectivity index (χ0v) is 9.10. The quantitative estimate of drug-likeness (QED) is 0.677. The average Bonchev–Trinajstić information content (AvgIpc) is 2.67. The van der Waals surface area contributed by atoms with Gasteiger partial charge in [-0.3, -0.25) is 0 Å². The number of nitrogens with two attached hydrogens (primary N) is 2. The van der Waals surface area contributed by atoms with Crippen molar-refractivity contribution in [2.75, 3.05) is 19.4 Å². The van der Waals surface area contributed by atoms with Crippen LogP contribution in [0.1, 0.15) is 5.82 Å². The second-order valence-corrected chi connectivity index (χ2v) is 3.59. The number of rotatable bonds is 4. The van der Waals surface area contributed by atoms with E-state index in [2.05, 4.69) is 15.0 Å². The molecular formula is C10H15N5O. The highest BCUT2D eigenvalue weighted by atomic mass is 16.5. The van der Waals surface area contributed by atoms with E-state index in [1.165, 1.54) is 0 Å². The first-order valence-corrected chi connectivity index (χ1v) is 5.07. The number of methoxy groups -OCH3 is 1. The van der Waals surface area contributed by atoms with Crippen LogP contribution in [-0.4, -0.2) is 34.7 Å². The number of H-pyrrole nitrogens is 1. The molecule has 0 radical (unpaired) electrons. The number of ether oxygens (including phenoxy) is 1. The SMILES string of the molecule is COC(CN)Cc1nc2nc(N)ccc2[nH]1. The van der Waals surface area contributed by atoms with E-state index in [1.807, 2.05) is 6.07 Å². The van der Waals surface area contributed by atoms with Crippen molar-refractivity contribution in [1.82, 2.24) is 15.0 Å². The highest BCUT2D eigenvalue weighted by Gasteiger charge is 2.10. The summed E-state index contributed by atoms with van der Waals surface area (Å²) in [5.41, 5.74) is 12.6. The molecule has 2 rings (SSSR count). The van der Waals surface area contributed by atoms with Gasteiger partial charge in [-0.25, -0.2) is 9.97 Å². The molecule has 1 unspecified atom stereocenters. The van der Waals surface area contributed by atoms with Crippen molar-refractivity contribution in [2.45, 2.75) is 12.5 Å². The standard InChI is InChI=1S/C10H15N5O/c1-16-6(5-11)4-9-13-7-2-3-8(12)14-10(7)15-9/h2-3,6H,4-5,11H2,1H3,(H3,12,13,14,15). The lowest BCUT2D eigenvalue weighted by Gasteiger charge is -2.09. The second kappa shape index (κ2) is 4.46. The van der Waals surface area contributed by atoms with Crippen LogP contribution in [0.15, 0.2) is 12.1 Å². The number of hydrogen-bond donors (Lipinski definition) is 3. The van der Waals surface area contributed by atoms with Crippen LogP contribution in [0.2, 0.25) is 0 Å². The maximum Gasteiger partial charge on any atom is 0.179 e. The van der Waals surface area contributed by atoms with Gasteiger partial charge in [-0.05, 0) is 12.1 Å². The Kier molecular flexibility index (Phi) is 3.02. The number of fused-ring (bicyclic) bond motifs is 1. The monoisotopic (exact) mass is 221 g/mol. The van der Waals surface area contributed by atoms with Gasteiger partial charge in [0, 0.05) is 20.1 Å². The summed E-state index contributed by atoms with van der Waals surface area (Å²) >= 11 is 0. The first-order valence-electron chi connectivity index (χ1n) is 5.07. The van der Waals surface area contributed by atoms with Crippen LogP contribution in [0.3, 0.4) is 0 Å². The van der Waals surface area contributed by atoms with E-state index in [4.69, 9.17) is 16.2 Å². The van der Waals surface area contributed by atoms with Crippen molar-refractivity contribution in [2.24, 2.45) is 5.73 Å². The van der Waals surface area contributed by atoms with Gasteiger partial charge in [-0.1, -0.05) is 0 Å². The molecule has 6 nitrogen and oxygen atoms in total. The molecule has 0 aliphatic rings. The minimum atomic E-state index is -0.0297. The van der Waals surface area contributed by atoms with E-state index in [0.29, 0.717) is 24.4 Å². The van der Waals surface area contributed by atoms with Crippen molar-refractivity contribution in [3.8, 4) is 0 Å². The molecule has 0 fully saturated rings. The number of nitrogens with one attached hydrogen (secondary N) is 1. The van der Waals surface area contributed by atoms with E-state index >= 15 is 0 Å². The van der Waals surface area contributed by atoms with Crippen molar-refractivity contribution in [3.05, 3.63) is 18.0 Å². The third-order valence-electron chi connectivity index (χ3n) is 2.43. The Morgan fingerprint density at radius 2 is 2.25 bits per heavy atom. The van der Waals surface area contributed by atoms with Gasteiger partial charge in [0.1, 0.15) is 11.6 Å². The maximum absolute atomic E-state index is 5.58. The first-order chi connectivity index (χ1) is 7.72. The predicted molar refractivity (Wildman–Crippen MR) is 61.9 cm³/mol. The Morgan fingerprint density at radius 1 is 1.44 bits per heavy atom. The minimum Gasteiger partial charge on any atom is -0.384 e. The molecule has 0 spiro atoms. The Morgan fingerprint density at radius 3 is 2.94 bits per heavy atom. The number of hydrogen-bond acceptors (Lipinski definition) is 5. The largest absolute Gasteiger partial charge is 0.384 e. The van der Waals surface area contributed by atoms with Crippen molar-refractivity contribution >= 4 is 17.0 Å². The van der Waals surface area contributed by atoms with Gasteiger partial charge < -0.3 is 21.2 Å². The van der Waals surface area contributed by atoms with Crippen molar-refractivity contribution < 1.29 is 4.74 Å². The van der Waals surface area contributed by atoms with Crippen LogP contribution >= 0.6 is 0 Å². The molecule has 2 aromatic heterocycles. The molecule has 2 aromatic rings. The first kappa shape index (κ1) is 10.8. The lowest BCUT2D eigenvalue weighted by molar-refractivity contribution is 0.108. The summed E-state index contributed by atoms with van der Waals surface area (Å²) in [6.07, 6.45) is 0.612. The zero-order valence-electron chi connectivity index (χ0n) is 9.10.